The number of amides is 1. The molecule has 13 heteroatoms. The van der Waals surface area contributed by atoms with Crippen molar-refractivity contribution >= 4 is 59.4 Å². The third-order valence-electron chi connectivity index (χ3n) is 7.16. The Hall–Kier alpha value is -2.62. The molecule has 0 aliphatic carbocycles. The van der Waals surface area contributed by atoms with Crippen molar-refractivity contribution in [2.45, 2.75) is 51.9 Å². The smallest absolute Gasteiger partial charge is 0.417 e. The van der Waals surface area contributed by atoms with Crippen LogP contribution in [0, 0.1) is 11.3 Å². The van der Waals surface area contributed by atoms with Crippen LogP contribution in [-0.4, -0.2) is 60.3 Å². The summed E-state index contributed by atoms with van der Waals surface area (Å²) in [6, 6.07) is 10.8. The van der Waals surface area contributed by atoms with Crippen LogP contribution in [-0.2, 0) is 17.4 Å². The second-order valence-corrected chi connectivity index (χ2v) is 10.7. The highest BCUT2D eigenvalue weighted by atomic mass is 35.5. The van der Waals surface area contributed by atoms with Gasteiger partial charge in [-0.1, -0.05) is 6.92 Å². The summed E-state index contributed by atoms with van der Waals surface area (Å²) in [5.41, 5.74) is -1.25. The predicted octanol–water partition coefficient (Wildman–Crippen LogP) is 5.57. The monoisotopic (exact) mass is 631 g/mol. The first-order chi connectivity index (χ1) is 18.4. The zero-order valence-corrected chi connectivity index (χ0v) is 25.7. The fourth-order valence-corrected chi connectivity index (χ4v) is 5.60. The van der Waals surface area contributed by atoms with Crippen LogP contribution < -0.4 is 19.9 Å². The van der Waals surface area contributed by atoms with Crippen LogP contribution >= 0.6 is 37.0 Å². The number of rotatable bonds is 7. The zero-order chi connectivity index (χ0) is 28.5. The number of nitriles is 1. The highest BCUT2D eigenvalue weighted by Gasteiger charge is 2.50. The number of carbonyl (C=O) groups is 1. The lowest BCUT2D eigenvalue weighted by atomic mass is 10.0. The first kappa shape index (κ1) is 34.6. The maximum Gasteiger partial charge on any atom is 0.417 e. The van der Waals surface area contributed by atoms with Crippen molar-refractivity contribution < 1.29 is 22.7 Å². The molecule has 1 atom stereocenters. The minimum atomic E-state index is -4.75. The fraction of sp³-hybridized carbons (Fsp3) is 0.464. The number of alkyl halides is 3. The van der Waals surface area contributed by atoms with Crippen LogP contribution in [0.3, 0.4) is 0 Å². The molecule has 2 fully saturated rings. The number of aryl methyl sites for hydroxylation is 1. The molecule has 1 amide bonds. The van der Waals surface area contributed by atoms with Crippen molar-refractivity contribution in [2.75, 3.05) is 42.6 Å². The number of hydrogen-bond acceptors (Lipinski definition) is 6. The molecule has 4 rings (SSSR count). The molecule has 2 aliphatic heterocycles. The summed E-state index contributed by atoms with van der Waals surface area (Å²) in [5.74, 6) is 0.284. The van der Waals surface area contributed by atoms with Gasteiger partial charge in [0.1, 0.15) is 17.9 Å². The number of carbonyl (C=O) groups excluding carboxylic acids is 1. The molecule has 1 N–H and O–H groups in total. The Balaban J connectivity index is 0.00000294. The van der Waals surface area contributed by atoms with E-state index in [1.807, 2.05) is 25.1 Å². The normalized spacial score (nSPS) is 18.9. The molecule has 2 aromatic rings. The molecule has 1 unspecified atom stereocenters. The van der Waals surface area contributed by atoms with E-state index in [1.54, 1.807) is 24.8 Å². The summed E-state index contributed by atoms with van der Waals surface area (Å²) in [5, 5.41) is 12.6. The average molecular weight is 633 g/mol. The van der Waals surface area contributed by atoms with Crippen molar-refractivity contribution in [1.29, 1.82) is 5.26 Å². The van der Waals surface area contributed by atoms with Crippen molar-refractivity contribution in [2.24, 2.45) is 0 Å². The van der Waals surface area contributed by atoms with Gasteiger partial charge in [-0.15, -0.1) is 24.8 Å². The van der Waals surface area contributed by atoms with Crippen molar-refractivity contribution in [3.8, 4) is 11.8 Å². The maximum atomic E-state index is 13.6. The third kappa shape index (κ3) is 7.07. The number of hydrogen-bond donors (Lipinski definition) is 1. The quantitative estimate of drug-likeness (QED) is 0.401. The van der Waals surface area contributed by atoms with Crippen molar-refractivity contribution in [3.05, 3.63) is 53.1 Å². The van der Waals surface area contributed by atoms with E-state index in [9.17, 15) is 18.0 Å². The van der Waals surface area contributed by atoms with E-state index in [-0.39, 0.29) is 35.6 Å². The van der Waals surface area contributed by atoms with Crippen LogP contribution in [0.15, 0.2) is 36.4 Å². The van der Waals surface area contributed by atoms with Gasteiger partial charge in [-0.2, -0.15) is 18.4 Å². The Bertz CT molecular complexity index is 1320. The average Bonchev–Trinajstić information content (AvgIpc) is 3.06. The molecule has 0 radical (unpaired) electrons. The van der Waals surface area contributed by atoms with Gasteiger partial charge in [-0.05, 0) is 81.4 Å². The Kier molecular flexibility index (Phi) is 11.4. The molecule has 2 aliphatic rings. The Morgan fingerprint density at radius 1 is 1.17 bits per heavy atom. The van der Waals surface area contributed by atoms with E-state index in [2.05, 4.69) is 17.1 Å². The number of nitrogens with one attached hydrogen (secondary N) is 1. The molecule has 2 aromatic carbocycles. The van der Waals surface area contributed by atoms with Gasteiger partial charge < -0.3 is 15.0 Å². The molecule has 0 spiro atoms. The van der Waals surface area contributed by atoms with Gasteiger partial charge in [0.2, 0.25) is 0 Å². The van der Waals surface area contributed by atoms with Crippen LogP contribution in [0.25, 0.3) is 0 Å². The van der Waals surface area contributed by atoms with Crippen LogP contribution in [0.5, 0.6) is 5.75 Å². The summed E-state index contributed by atoms with van der Waals surface area (Å²) in [7, 11) is 0. The lowest BCUT2D eigenvalue weighted by molar-refractivity contribution is -0.137. The van der Waals surface area contributed by atoms with Crippen LogP contribution in [0.2, 0.25) is 0 Å². The number of anilines is 2. The van der Waals surface area contributed by atoms with E-state index in [1.165, 1.54) is 6.07 Å². The molecular formula is C28H34Cl2F3N5O2S. The summed E-state index contributed by atoms with van der Waals surface area (Å²) in [6.45, 7) is 11.8. The van der Waals surface area contributed by atoms with Gasteiger partial charge in [-0.3, -0.25) is 14.6 Å². The number of ether oxygens (including phenoxy) is 1. The molecule has 2 saturated heterocycles. The van der Waals surface area contributed by atoms with E-state index in [4.69, 9.17) is 22.2 Å². The molecule has 41 heavy (non-hydrogen) atoms. The largest absolute Gasteiger partial charge is 0.492 e. The van der Waals surface area contributed by atoms with E-state index in [0.717, 1.165) is 54.5 Å². The summed E-state index contributed by atoms with van der Waals surface area (Å²) < 4.78 is 46.9. The molecule has 0 bridgehead atoms. The standard InChI is InChI=1S/C28H32F3N5O2S.2ClH/c1-5-19-14-22(8-9-24(19)38-13-12-34-11-10-33-18(2)17-34)36-26(39)35(25(37)27(36,3)4)21-7-6-20(16-32)23(15-21)28(29,30)31;;/h6-9,14-15,18,33H,5,10-13,17H2,1-4H3;2*1H. The molecule has 0 saturated carbocycles. The molecule has 7 nitrogen and oxygen atoms in total. The zero-order valence-electron chi connectivity index (χ0n) is 23.2. The Morgan fingerprint density at radius 2 is 1.85 bits per heavy atom. The molecule has 0 aromatic heterocycles. The highest BCUT2D eigenvalue weighted by molar-refractivity contribution is 7.81. The summed E-state index contributed by atoms with van der Waals surface area (Å²) in [6.07, 6.45) is -4.08. The molecular weight excluding hydrogens is 598 g/mol. The number of piperazine rings is 1. The van der Waals surface area contributed by atoms with Gasteiger partial charge in [-0.25, -0.2) is 0 Å². The number of benzene rings is 2. The predicted molar refractivity (Wildman–Crippen MR) is 163 cm³/mol. The van der Waals surface area contributed by atoms with Crippen molar-refractivity contribution in [1.82, 2.24) is 10.2 Å². The van der Waals surface area contributed by atoms with E-state index >= 15 is 0 Å². The molecule has 2 heterocycles. The SMILES string of the molecule is CCc1cc(N2C(=S)N(c3ccc(C#N)c(C(F)(F)F)c3)C(=O)C2(C)C)ccc1OCCN1CCNC(C)C1.Cl.Cl. The Morgan fingerprint density at radius 3 is 2.46 bits per heavy atom. The van der Waals surface area contributed by atoms with Crippen molar-refractivity contribution in [3.63, 3.8) is 0 Å². The number of halogens is 5. The fourth-order valence-electron chi connectivity index (χ4n) is 5.08. The van der Waals surface area contributed by atoms with E-state index < -0.39 is 28.7 Å². The van der Waals surface area contributed by atoms with Crippen LogP contribution in [0.1, 0.15) is 44.4 Å². The van der Waals surface area contributed by atoms with Gasteiger partial charge in [0.15, 0.2) is 5.11 Å². The van der Waals surface area contributed by atoms with Gasteiger partial charge in [0, 0.05) is 37.9 Å². The van der Waals surface area contributed by atoms with Crippen LogP contribution in [0.4, 0.5) is 24.5 Å². The number of nitrogens with zero attached hydrogens (tertiary/aromatic N) is 4. The summed E-state index contributed by atoms with van der Waals surface area (Å²) >= 11 is 5.66. The topological polar surface area (TPSA) is 71.8 Å². The number of thiocarbonyl (C=S) groups is 1. The lowest BCUT2D eigenvalue weighted by Gasteiger charge is -2.32. The summed E-state index contributed by atoms with van der Waals surface area (Å²) in [4.78, 5) is 18.6. The van der Waals surface area contributed by atoms with Gasteiger partial charge in [0.25, 0.3) is 5.91 Å². The first-order valence-corrected chi connectivity index (χ1v) is 13.3. The Labute approximate surface area is 256 Å². The minimum absolute atomic E-state index is 0. The lowest BCUT2D eigenvalue weighted by Crippen LogP contribution is -2.50. The second kappa shape index (κ2) is 13.6. The molecule has 224 valence electrons. The van der Waals surface area contributed by atoms with Gasteiger partial charge in [0.05, 0.1) is 22.9 Å². The second-order valence-electron chi connectivity index (χ2n) is 10.3. The highest BCUT2D eigenvalue weighted by Crippen LogP contribution is 2.40. The maximum absolute atomic E-state index is 13.6. The van der Waals surface area contributed by atoms with Gasteiger partial charge >= 0.3 is 6.18 Å². The third-order valence-corrected chi connectivity index (χ3v) is 7.52. The minimum Gasteiger partial charge on any atom is -0.492 e. The van der Waals surface area contributed by atoms with E-state index in [0.29, 0.717) is 24.8 Å². The first-order valence-electron chi connectivity index (χ1n) is 12.9.